The van der Waals surface area contributed by atoms with E-state index >= 15 is 0 Å². The molecule has 8 heteroatoms. The lowest BCUT2D eigenvalue weighted by molar-refractivity contribution is -0.384. The van der Waals surface area contributed by atoms with Gasteiger partial charge in [0.1, 0.15) is 5.76 Å². The lowest BCUT2D eigenvalue weighted by atomic mass is 9.95. The van der Waals surface area contributed by atoms with Crippen molar-refractivity contribution in [1.82, 2.24) is 4.90 Å². The molecule has 0 spiro atoms. The average Bonchev–Trinajstić information content (AvgIpc) is 2.97. The van der Waals surface area contributed by atoms with E-state index in [1.54, 1.807) is 30.3 Å². The van der Waals surface area contributed by atoms with E-state index in [0.717, 1.165) is 5.56 Å². The molecule has 29 heavy (non-hydrogen) atoms. The number of aliphatic hydroxyl groups excluding tert-OH is 1. The van der Waals surface area contributed by atoms with Crippen molar-refractivity contribution < 1.29 is 24.4 Å². The summed E-state index contributed by atoms with van der Waals surface area (Å²) in [7, 11) is 1.46. The van der Waals surface area contributed by atoms with E-state index in [2.05, 4.69) is 0 Å². The van der Waals surface area contributed by atoms with Crippen molar-refractivity contribution >= 4 is 23.1 Å². The molecule has 0 aliphatic carbocycles. The van der Waals surface area contributed by atoms with Gasteiger partial charge in [-0.1, -0.05) is 42.0 Å². The number of nitrogens with zero attached hydrogens (tertiary/aromatic N) is 2. The molecule has 1 aliphatic heterocycles. The Bertz CT molecular complexity index is 996. The Morgan fingerprint density at radius 3 is 2.52 bits per heavy atom. The predicted octanol–water partition coefficient (Wildman–Crippen LogP) is 2.97. The number of methoxy groups -OCH3 is 1. The normalized spacial score (nSPS) is 18.3. The van der Waals surface area contributed by atoms with E-state index in [9.17, 15) is 24.8 Å². The summed E-state index contributed by atoms with van der Waals surface area (Å²) in [6.07, 6.45) is 0. The van der Waals surface area contributed by atoms with Gasteiger partial charge in [-0.15, -0.1) is 0 Å². The van der Waals surface area contributed by atoms with Crippen molar-refractivity contribution in [3.05, 3.63) is 80.9 Å². The topological polar surface area (TPSA) is 110 Å². The van der Waals surface area contributed by atoms with Gasteiger partial charge in [0.05, 0.1) is 23.1 Å². The third-order valence-corrected chi connectivity index (χ3v) is 4.80. The van der Waals surface area contributed by atoms with Gasteiger partial charge in [0.2, 0.25) is 0 Å². The highest BCUT2D eigenvalue weighted by Crippen LogP contribution is 2.40. The fraction of sp³-hybridized carbons (Fsp3) is 0.238. The minimum atomic E-state index is -0.952. The van der Waals surface area contributed by atoms with Gasteiger partial charge >= 0.3 is 0 Å². The fourth-order valence-electron chi connectivity index (χ4n) is 3.32. The van der Waals surface area contributed by atoms with Crippen LogP contribution < -0.4 is 0 Å². The number of carbonyl (C=O) groups is 2. The Hall–Kier alpha value is -3.52. The number of hydrogen-bond donors (Lipinski definition) is 1. The zero-order valence-electron chi connectivity index (χ0n) is 16.0. The smallest absolute Gasteiger partial charge is 0.295 e. The fourth-order valence-corrected chi connectivity index (χ4v) is 3.32. The van der Waals surface area contributed by atoms with Gasteiger partial charge in [0.15, 0.2) is 0 Å². The molecule has 150 valence electrons. The standard InChI is InChI=1S/C21H20N2O6/c1-13-6-8-14(9-7-13)19(24)17-18(15-4-3-5-16(12-15)23(27)28)22(10-11-29-2)21(26)20(17)25/h3-9,12,18,24H,10-11H2,1-2H3/t18-/m1/s1. The molecule has 2 aromatic carbocycles. The Balaban J connectivity index is 2.18. The summed E-state index contributed by atoms with van der Waals surface area (Å²) in [5, 5.41) is 22.1. The summed E-state index contributed by atoms with van der Waals surface area (Å²) in [4.78, 5) is 37.3. The van der Waals surface area contributed by atoms with Gasteiger partial charge in [-0.05, 0) is 12.5 Å². The molecule has 0 bridgehead atoms. The number of aryl methyl sites for hydroxylation is 1. The first-order chi connectivity index (χ1) is 13.8. The van der Waals surface area contributed by atoms with Crippen LogP contribution in [0.15, 0.2) is 54.1 Å². The van der Waals surface area contributed by atoms with Gasteiger partial charge in [-0.25, -0.2) is 0 Å². The number of hydrogen-bond acceptors (Lipinski definition) is 6. The largest absolute Gasteiger partial charge is 0.507 e. The molecule has 1 fully saturated rings. The Kier molecular flexibility index (Phi) is 5.74. The van der Waals surface area contributed by atoms with Crippen molar-refractivity contribution in [2.75, 3.05) is 20.3 Å². The van der Waals surface area contributed by atoms with Gasteiger partial charge in [0.25, 0.3) is 17.4 Å². The van der Waals surface area contributed by atoms with Crippen LogP contribution in [0.25, 0.3) is 5.76 Å². The SMILES string of the molecule is COCCN1C(=O)C(=O)C(=C(O)c2ccc(C)cc2)[C@H]1c1cccc([N+](=O)[O-])c1. The van der Waals surface area contributed by atoms with Gasteiger partial charge in [-0.2, -0.15) is 0 Å². The number of nitro benzene ring substituents is 1. The number of ketones is 1. The maximum atomic E-state index is 12.8. The number of amides is 1. The van der Waals surface area contributed by atoms with Crippen molar-refractivity contribution in [3.8, 4) is 0 Å². The van der Waals surface area contributed by atoms with E-state index in [0.29, 0.717) is 11.1 Å². The highest BCUT2D eigenvalue weighted by Gasteiger charge is 2.46. The first-order valence-corrected chi connectivity index (χ1v) is 8.94. The molecular formula is C21H20N2O6. The molecule has 1 saturated heterocycles. The van der Waals surface area contributed by atoms with E-state index in [-0.39, 0.29) is 30.2 Å². The van der Waals surface area contributed by atoms with Crippen LogP contribution >= 0.6 is 0 Å². The highest BCUT2D eigenvalue weighted by atomic mass is 16.6. The number of non-ortho nitro benzene ring substituents is 1. The zero-order chi connectivity index (χ0) is 21.1. The monoisotopic (exact) mass is 396 g/mol. The van der Waals surface area contributed by atoms with E-state index in [4.69, 9.17) is 4.74 Å². The number of benzene rings is 2. The van der Waals surface area contributed by atoms with Crippen molar-refractivity contribution in [3.63, 3.8) is 0 Å². The third kappa shape index (κ3) is 3.88. The molecule has 0 saturated carbocycles. The van der Waals surface area contributed by atoms with Crippen LogP contribution in [0.2, 0.25) is 0 Å². The maximum Gasteiger partial charge on any atom is 0.295 e. The number of nitro groups is 1. The van der Waals surface area contributed by atoms with Crippen molar-refractivity contribution in [1.29, 1.82) is 0 Å². The molecule has 1 atom stereocenters. The molecule has 0 unspecified atom stereocenters. The number of aliphatic hydroxyl groups is 1. The summed E-state index contributed by atoms with van der Waals surface area (Å²) >= 11 is 0. The van der Waals surface area contributed by atoms with Crippen LogP contribution in [0.4, 0.5) is 5.69 Å². The van der Waals surface area contributed by atoms with E-state index in [1.807, 2.05) is 6.92 Å². The molecule has 1 N–H and O–H groups in total. The first kappa shape index (κ1) is 20.2. The minimum absolute atomic E-state index is 0.0963. The average molecular weight is 396 g/mol. The summed E-state index contributed by atoms with van der Waals surface area (Å²) < 4.78 is 5.04. The Labute approximate surface area is 167 Å². The molecule has 1 aliphatic rings. The lowest BCUT2D eigenvalue weighted by Crippen LogP contribution is -2.32. The Morgan fingerprint density at radius 1 is 1.21 bits per heavy atom. The second kappa shape index (κ2) is 8.24. The van der Waals surface area contributed by atoms with Crippen molar-refractivity contribution in [2.45, 2.75) is 13.0 Å². The minimum Gasteiger partial charge on any atom is -0.507 e. The van der Waals surface area contributed by atoms with Crippen LogP contribution in [-0.4, -0.2) is 46.9 Å². The summed E-state index contributed by atoms with van der Waals surface area (Å²) in [6.45, 7) is 2.15. The molecule has 0 aromatic heterocycles. The van der Waals surface area contributed by atoms with Gasteiger partial charge < -0.3 is 14.7 Å². The molecule has 1 heterocycles. The lowest BCUT2D eigenvalue weighted by Gasteiger charge is -2.24. The van der Waals surface area contributed by atoms with E-state index in [1.165, 1.54) is 30.2 Å². The second-order valence-electron chi connectivity index (χ2n) is 6.70. The van der Waals surface area contributed by atoms with Crippen LogP contribution in [0, 0.1) is 17.0 Å². The third-order valence-electron chi connectivity index (χ3n) is 4.80. The molecule has 0 radical (unpaired) electrons. The number of carbonyl (C=O) groups excluding carboxylic acids is 2. The van der Waals surface area contributed by atoms with Crippen LogP contribution in [-0.2, 0) is 14.3 Å². The van der Waals surface area contributed by atoms with Crippen LogP contribution in [0.1, 0.15) is 22.7 Å². The highest BCUT2D eigenvalue weighted by molar-refractivity contribution is 6.46. The predicted molar refractivity (Wildman–Crippen MR) is 105 cm³/mol. The van der Waals surface area contributed by atoms with Crippen LogP contribution in [0.3, 0.4) is 0 Å². The number of ether oxygens (including phenoxy) is 1. The van der Waals surface area contributed by atoms with E-state index < -0.39 is 22.7 Å². The number of rotatable bonds is 6. The molecule has 1 amide bonds. The Morgan fingerprint density at radius 2 is 1.90 bits per heavy atom. The summed E-state index contributed by atoms with van der Waals surface area (Å²) in [5.74, 6) is -1.94. The molecule has 8 nitrogen and oxygen atoms in total. The van der Waals surface area contributed by atoms with Crippen LogP contribution in [0.5, 0.6) is 0 Å². The zero-order valence-corrected chi connectivity index (χ0v) is 16.0. The summed E-state index contributed by atoms with van der Waals surface area (Å²) in [5.41, 5.74) is 1.45. The second-order valence-corrected chi connectivity index (χ2v) is 6.70. The first-order valence-electron chi connectivity index (χ1n) is 8.94. The number of Topliss-reactive ketones (excluding diaryl/α,β-unsaturated/α-hetero) is 1. The molecule has 2 aromatic rings. The molecular weight excluding hydrogens is 376 g/mol. The number of likely N-dealkylation sites (tertiary alicyclic amines) is 1. The van der Waals surface area contributed by atoms with Crippen molar-refractivity contribution in [2.24, 2.45) is 0 Å². The van der Waals surface area contributed by atoms with Gasteiger partial charge in [0, 0.05) is 31.4 Å². The summed E-state index contributed by atoms with van der Waals surface area (Å²) in [6, 6.07) is 11.6. The quantitative estimate of drug-likeness (QED) is 0.264. The molecule has 3 rings (SSSR count). The van der Waals surface area contributed by atoms with Gasteiger partial charge in [-0.3, -0.25) is 19.7 Å². The maximum absolute atomic E-state index is 12.8.